The summed E-state index contributed by atoms with van der Waals surface area (Å²) in [4.78, 5) is 14.6. The van der Waals surface area contributed by atoms with Crippen molar-refractivity contribution in [3.05, 3.63) is 52.7 Å². The average Bonchev–Trinajstić information content (AvgIpc) is 3.11. The molecule has 2 N–H and O–H groups in total. The summed E-state index contributed by atoms with van der Waals surface area (Å²) in [6, 6.07) is 11.8. The first-order valence-electron chi connectivity index (χ1n) is 8.19. The third-order valence-electron chi connectivity index (χ3n) is 4.25. The minimum atomic E-state index is -0.145. The molecule has 0 spiro atoms. The first-order chi connectivity index (χ1) is 11.3. The number of nitrogens with one attached hydrogen (secondary N) is 2. The van der Waals surface area contributed by atoms with Crippen LogP contribution in [0.5, 0.6) is 0 Å². The molecule has 1 aromatic heterocycles. The summed E-state index contributed by atoms with van der Waals surface area (Å²) in [6.45, 7) is 2.86. The van der Waals surface area contributed by atoms with Gasteiger partial charge in [0.25, 0.3) is 0 Å². The van der Waals surface area contributed by atoms with Gasteiger partial charge in [-0.05, 0) is 60.5 Å². The van der Waals surface area contributed by atoms with Gasteiger partial charge in [-0.1, -0.05) is 24.6 Å². The molecule has 1 atom stereocenters. The van der Waals surface area contributed by atoms with E-state index in [0.29, 0.717) is 6.54 Å². The number of carbonyl (C=O) groups excluding carboxylic acids is 1. The summed E-state index contributed by atoms with van der Waals surface area (Å²) < 4.78 is 0. The van der Waals surface area contributed by atoms with E-state index in [-0.39, 0.29) is 12.1 Å². The lowest BCUT2D eigenvalue weighted by Gasteiger charge is -2.34. The number of rotatable bonds is 5. The zero-order chi connectivity index (χ0) is 15.9. The molecule has 5 heteroatoms. The second-order valence-electron chi connectivity index (χ2n) is 5.87. The molecule has 3 rings (SSSR count). The van der Waals surface area contributed by atoms with Crippen molar-refractivity contribution in [3.63, 3.8) is 0 Å². The molecule has 1 unspecified atom stereocenters. The lowest BCUT2D eigenvalue weighted by Crippen LogP contribution is -2.41. The second kappa shape index (κ2) is 8.13. The van der Waals surface area contributed by atoms with Crippen molar-refractivity contribution in [1.82, 2.24) is 10.2 Å². The zero-order valence-corrected chi connectivity index (χ0v) is 14.0. The van der Waals surface area contributed by atoms with Crippen molar-refractivity contribution in [2.75, 3.05) is 25.0 Å². The van der Waals surface area contributed by atoms with Crippen molar-refractivity contribution < 1.29 is 4.79 Å². The number of para-hydroxylation sites is 1. The Morgan fingerprint density at radius 1 is 1.13 bits per heavy atom. The van der Waals surface area contributed by atoms with E-state index in [0.717, 1.165) is 18.8 Å². The van der Waals surface area contributed by atoms with Gasteiger partial charge in [-0.15, -0.1) is 0 Å². The van der Waals surface area contributed by atoms with E-state index in [2.05, 4.69) is 32.4 Å². The molecule has 2 heterocycles. The van der Waals surface area contributed by atoms with Gasteiger partial charge in [0, 0.05) is 12.2 Å². The number of likely N-dealkylation sites (tertiary alicyclic amines) is 1. The fourth-order valence-corrected chi connectivity index (χ4v) is 3.75. The number of thiophene rings is 1. The van der Waals surface area contributed by atoms with Crippen molar-refractivity contribution >= 4 is 23.1 Å². The van der Waals surface area contributed by atoms with Gasteiger partial charge in [-0.3, -0.25) is 4.90 Å². The largest absolute Gasteiger partial charge is 0.336 e. The van der Waals surface area contributed by atoms with Crippen molar-refractivity contribution in [2.45, 2.75) is 25.3 Å². The van der Waals surface area contributed by atoms with Crippen LogP contribution in [0.2, 0.25) is 0 Å². The lowest BCUT2D eigenvalue weighted by atomic mass is 10.0. The summed E-state index contributed by atoms with van der Waals surface area (Å²) >= 11 is 1.71. The smallest absolute Gasteiger partial charge is 0.319 e. The van der Waals surface area contributed by atoms with Gasteiger partial charge in [-0.2, -0.15) is 11.3 Å². The number of hydrogen-bond acceptors (Lipinski definition) is 3. The molecule has 0 radical (unpaired) electrons. The van der Waals surface area contributed by atoms with E-state index in [9.17, 15) is 4.79 Å². The Kier molecular flexibility index (Phi) is 5.66. The van der Waals surface area contributed by atoms with Crippen molar-refractivity contribution in [1.29, 1.82) is 0 Å². The third kappa shape index (κ3) is 4.56. The van der Waals surface area contributed by atoms with Gasteiger partial charge in [0.1, 0.15) is 0 Å². The highest BCUT2D eigenvalue weighted by atomic mass is 32.1. The maximum absolute atomic E-state index is 12.1. The van der Waals surface area contributed by atoms with Crippen molar-refractivity contribution in [2.24, 2.45) is 0 Å². The number of amides is 2. The highest BCUT2D eigenvalue weighted by molar-refractivity contribution is 7.07. The monoisotopic (exact) mass is 329 g/mol. The van der Waals surface area contributed by atoms with Gasteiger partial charge in [-0.25, -0.2) is 4.79 Å². The van der Waals surface area contributed by atoms with E-state index in [1.165, 1.54) is 24.8 Å². The molecular weight excluding hydrogens is 306 g/mol. The minimum absolute atomic E-state index is 0.145. The molecule has 23 heavy (non-hydrogen) atoms. The number of hydrogen-bond donors (Lipinski definition) is 2. The maximum Gasteiger partial charge on any atom is 0.319 e. The molecule has 1 aliphatic heterocycles. The van der Waals surface area contributed by atoms with Gasteiger partial charge in [0.05, 0.1) is 6.04 Å². The number of piperidine rings is 1. The molecule has 4 nitrogen and oxygen atoms in total. The Hall–Kier alpha value is -1.85. The molecule has 0 saturated carbocycles. The van der Waals surface area contributed by atoms with Crippen LogP contribution in [0.4, 0.5) is 10.5 Å². The highest BCUT2D eigenvalue weighted by Gasteiger charge is 2.23. The van der Waals surface area contributed by atoms with E-state index < -0.39 is 0 Å². The molecule has 0 aliphatic carbocycles. The van der Waals surface area contributed by atoms with Crippen LogP contribution < -0.4 is 10.6 Å². The molecule has 1 aliphatic rings. The second-order valence-corrected chi connectivity index (χ2v) is 6.65. The molecule has 1 aromatic carbocycles. The number of carbonyl (C=O) groups is 1. The number of urea groups is 1. The fraction of sp³-hybridized carbons (Fsp3) is 0.389. The van der Waals surface area contributed by atoms with Crippen LogP contribution in [-0.2, 0) is 0 Å². The summed E-state index contributed by atoms with van der Waals surface area (Å²) in [5, 5.41) is 10.2. The van der Waals surface area contributed by atoms with Crippen LogP contribution in [0.3, 0.4) is 0 Å². The van der Waals surface area contributed by atoms with Gasteiger partial charge in [0.15, 0.2) is 0 Å². The Morgan fingerprint density at radius 3 is 2.61 bits per heavy atom. The van der Waals surface area contributed by atoms with Crippen LogP contribution in [0.25, 0.3) is 0 Å². The Balaban J connectivity index is 1.59. The van der Waals surface area contributed by atoms with Crippen LogP contribution in [0.15, 0.2) is 47.2 Å². The van der Waals surface area contributed by atoms with E-state index in [4.69, 9.17) is 0 Å². The highest BCUT2D eigenvalue weighted by Crippen LogP contribution is 2.25. The normalized spacial score (nSPS) is 16.7. The Labute approximate surface area is 141 Å². The summed E-state index contributed by atoms with van der Waals surface area (Å²) in [7, 11) is 0. The Bertz CT molecular complexity index is 594. The SMILES string of the molecule is O=C(NCC(c1ccsc1)N1CCCCC1)Nc1ccccc1. The lowest BCUT2D eigenvalue weighted by molar-refractivity contribution is 0.161. The van der Waals surface area contributed by atoms with Crippen LogP contribution in [0, 0.1) is 0 Å². The first kappa shape index (κ1) is 16.0. The quantitative estimate of drug-likeness (QED) is 0.867. The first-order valence-corrected chi connectivity index (χ1v) is 9.13. The Morgan fingerprint density at radius 2 is 1.91 bits per heavy atom. The van der Waals surface area contributed by atoms with Crippen molar-refractivity contribution in [3.8, 4) is 0 Å². The predicted octanol–water partition coefficient (Wildman–Crippen LogP) is 4.10. The molecular formula is C18H23N3OS. The summed E-state index contributed by atoms with van der Waals surface area (Å²) in [6.07, 6.45) is 3.81. The molecule has 2 aromatic rings. The van der Waals surface area contributed by atoms with Gasteiger partial charge < -0.3 is 10.6 Å². The molecule has 0 bridgehead atoms. The fourth-order valence-electron chi connectivity index (χ4n) is 3.04. The summed E-state index contributed by atoms with van der Waals surface area (Å²) in [5.41, 5.74) is 2.12. The van der Waals surface area contributed by atoms with Crippen LogP contribution >= 0.6 is 11.3 Å². The topological polar surface area (TPSA) is 44.4 Å². The van der Waals surface area contributed by atoms with Gasteiger partial charge >= 0.3 is 6.03 Å². The molecule has 2 amide bonds. The predicted molar refractivity (Wildman–Crippen MR) is 95.9 cm³/mol. The zero-order valence-electron chi connectivity index (χ0n) is 13.2. The standard InChI is InChI=1S/C18H23N3OS/c22-18(20-16-7-3-1-4-8-16)19-13-17(15-9-12-23-14-15)21-10-5-2-6-11-21/h1,3-4,7-9,12,14,17H,2,5-6,10-11,13H2,(H2,19,20,22). The van der Waals surface area contributed by atoms with E-state index in [1.807, 2.05) is 30.3 Å². The molecule has 1 saturated heterocycles. The number of benzene rings is 1. The number of anilines is 1. The van der Waals surface area contributed by atoms with Gasteiger partial charge in [0.2, 0.25) is 0 Å². The molecule has 122 valence electrons. The van der Waals surface area contributed by atoms with E-state index in [1.54, 1.807) is 11.3 Å². The number of nitrogens with zero attached hydrogens (tertiary/aromatic N) is 1. The van der Waals surface area contributed by atoms with Crippen LogP contribution in [-0.4, -0.2) is 30.6 Å². The third-order valence-corrected chi connectivity index (χ3v) is 4.95. The summed E-state index contributed by atoms with van der Waals surface area (Å²) in [5.74, 6) is 0. The maximum atomic E-state index is 12.1. The van der Waals surface area contributed by atoms with Crippen LogP contribution in [0.1, 0.15) is 30.9 Å². The minimum Gasteiger partial charge on any atom is -0.336 e. The molecule has 1 fully saturated rings. The van der Waals surface area contributed by atoms with E-state index >= 15 is 0 Å². The average molecular weight is 329 g/mol.